The summed E-state index contributed by atoms with van der Waals surface area (Å²) in [5.41, 5.74) is -0.0297. The molecule has 3 heterocycles. The van der Waals surface area contributed by atoms with Gasteiger partial charge >= 0.3 is 0 Å². The van der Waals surface area contributed by atoms with Crippen LogP contribution in [0.3, 0.4) is 0 Å². The van der Waals surface area contributed by atoms with Gasteiger partial charge in [0.1, 0.15) is 5.82 Å². The molecule has 0 bridgehead atoms. The molecular formula is C13H15N5OS. The highest BCUT2D eigenvalue weighted by molar-refractivity contribution is 7.09. The second kappa shape index (κ2) is 4.66. The fourth-order valence-corrected chi connectivity index (χ4v) is 3.24. The Morgan fingerprint density at radius 1 is 1.35 bits per heavy atom. The van der Waals surface area contributed by atoms with Crippen LogP contribution in [-0.2, 0) is 6.54 Å². The average molecular weight is 289 g/mol. The zero-order chi connectivity index (χ0) is 13.5. The normalized spacial score (nSPS) is 19.1. The highest BCUT2D eigenvalue weighted by Gasteiger charge is 2.32. The number of hydrogen-bond donors (Lipinski definition) is 0. The van der Waals surface area contributed by atoms with Crippen molar-refractivity contribution in [3.8, 4) is 0 Å². The van der Waals surface area contributed by atoms with Crippen molar-refractivity contribution in [1.82, 2.24) is 19.1 Å². The smallest absolute Gasteiger partial charge is 0.266 e. The first-order valence-electron chi connectivity index (χ1n) is 6.90. The van der Waals surface area contributed by atoms with Crippen molar-refractivity contribution in [3.05, 3.63) is 34.5 Å². The molecule has 7 heteroatoms. The van der Waals surface area contributed by atoms with Gasteiger partial charge in [-0.25, -0.2) is 9.67 Å². The van der Waals surface area contributed by atoms with Crippen LogP contribution >= 0.6 is 11.5 Å². The lowest BCUT2D eigenvalue weighted by molar-refractivity contribution is 0.334. The van der Waals surface area contributed by atoms with Gasteiger partial charge in [0.25, 0.3) is 5.56 Å². The van der Waals surface area contributed by atoms with Crippen molar-refractivity contribution in [2.45, 2.75) is 25.3 Å². The Bertz CT molecular complexity index is 671. The van der Waals surface area contributed by atoms with Gasteiger partial charge in [0.15, 0.2) is 0 Å². The molecular weight excluding hydrogens is 274 g/mol. The van der Waals surface area contributed by atoms with E-state index >= 15 is 0 Å². The Morgan fingerprint density at radius 3 is 2.95 bits per heavy atom. The highest BCUT2D eigenvalue weighted by Crippen LogP contribution is 2.40. The van der Waals surface area contributed by atoms with Gasteiger partial charge < -0.3 is 4.90 Å². The largest absolute Gasteiger partial charge is 0.346 e. The minimum absolute atomic E-state index is 0.0297. The molecule has 0 atom stereocenters. The second-order valence-electron chi connectivity index (χ2n) is 5.52. The lowest BCUT2D eigenvalue weighted by Crippen LogP contribution is -2.49. The fourth-order valence-electron chi connectivity index (χ4n) is 2.47. The zero-order valence-corrected chi connectivity index (χ0v) is 11.8. The Morgan fingerprint density at radius 2 is 2.20 bits per heavy atom. The van der Waals surface area contributed by atoms with Gasteiger partial charge in [0.05, 0.1) is 6.54 Å². The minimum atomic E-state index is -0.0297. The van der Waals surface area contributed by atoms with Crippen LogP contribution in [0.1, 0.15) is 24.6 Å². The van der Waals surface area contributed by atoms with E-state index in [1.807, 2.05) is 0 Å². The molecule has 0 unspecified atom stereocenters. The summed E-state index contributed by atoms with van der Waals surface area (Å²) < 4.78 is 5.97. The highest BCUT2D eigenvalue weighted by atomic mass is 32.1. The molecule has 2 aromatic rings. The summed E-state index contributed by atoms with van der Waals surface area (Å²) in [6, 6.07) is 3.22. The number of hydrogen-bond acceptors (Lipinski definition) is 6. The number of anilines is 1. The third-order valence-electron chi connectivity index (χ3n) is 3.82. The molecule has 0 amide bonds. The summed E-state index contributed by atoms with van der Waals surface area (Å²) in [5, 5.41) is 5.12. The summed E-state index contributed by atoms with van der Waals surface area (Å²) >= 11 is 1.49. The van der Waals surface area contributed by atoms with E-state index in [2.05, 4.69) is 19.4 Å². The Hall–Kier alpha value is -1.76. The van der Waals surface area contributed by atoms with Crippen molar-refractivity contribution in [1.29, 1.82) is 0 Å². The van der Waals surface area contributed by atoms with Crippen LogP contribution in [-0.4, -0.2) is 32.2 Å². The minimum Gasteiger partial charge on any atom is -0.346 e. The molecule has 6 nitrogen and oxygen atoms in total. The predicted molar refractivity (Wildman–Crippen MR) is 76.1 cm³/mol. The second-order valence-corrected chi connectivity index (χ2v) is 6.25. The zero-order valence-electron chi connectivity index (χ0n) is 11.0. The molecule has 1 aliphatic heterocycles. The lowest BCUT2D eigenvalue weighted by Gasteiger charge is -2.38. The van der Waals surface area contributed by atoms with E-state index in [0.717, 1.165) is 24.0 Å². The molecule has 4 rings (SSSR count). The maximum Gasteiger partial charge on any atom is 0.266 e. The molecule has 1 aliphatic carbocycles. The standard InChI is InChI=1S/C13H15N5OS/c19-11-2-1-5-14-18(11)8-9-6-17(7-9)13-15-12(16-20-13)10-3-4-10/h1-2,5,9-10H,3-4,6-8H2. The quantitative estimate of drug-likeness (QED) is 0.843. The third kappa shape index (κ3) is 2.22. The molecule has 1 saturated heterocycles. The molecule has 2 fully saturated rings. The van der Waals surface area contributed by atoms with Gasteiger partial charge in [0, 0.05) is 48.7 Å². The number of aromatic nitrogens is 4. The average Bonchev–Trinajstić information content (AvgIpc) is 3.14. The first-order chi connectivity index (χ1) is 9.79. The van der Waals surface area contributed by atoms with Gasteiger partial charge in [-0.15, -0.1) is 0 Å². The van der Waals surface area contributed by atoms with E-state index in [1.165, 1.54) is 29.1 Å². The van der Waals surface area contributed by atoms with Crippen LogP contribution in [0.5, 0.6) is 0 Å². The SMILES string of the molecule is O=c1cccnn1CC1CN(c2nc(C3CC3)ns2)C1. The molecule has 1 saturated carbocycles. The lowest BCUT2D eigenvalue weighted by atomic mass is 10.0. The summed E-state index contributed by atoms with van der Waals surface area (Å²) in [6.07, 6.45) is 4.13. The molecule has 20 heavy (non-hydrogen) atoms. The predicted octanol–water partition coefficient (Wildman–Crippen LogP) is 1.11. The number of rotatable bonds is 4. The first kappa shape index (κ1) is 12.0. The van der Waals surface area contributed by atoms with Crippen molar-refractivity contribution < 1.29 is 0 Å². The van der Waals surface area contributed by atoms with E-state index in [0.29, 0.717) is 18.4 Å². The Labute approximate surface area is 120 Å². The summed E-state index contributed by atoms with van der Waals surface area (Å²) in [7, 11) is 0. The van der Waals surface area contributed by atoms with Gasteiger partial charge in [-0.05, 0) is 18.9 Å². The van der Waals surface area contributed by atoms with Gasteiger partial charge in [-0.3, -0.25) is 4.79 Å². The van der Waals surface area contributed by atoms with Crippen LogP contribution < -0.4 is 10.5 Å². The van der Waals surface area contributed by atoms with Crippen molar-refractivity contribution in [2.75, 3.05) is 18.0 Å². The summed E-state index contributed by atoms with van der Waals surface area (Å²) in [6.45, 7) is 2.55. The Kier molecular flexibility index (Phi) is 2.80. The molecule has 0 spiro atoms. The van der Waals surface area contributed by atoms with Crippen LogP contribution in [0.15, 0.2) is 23.1 Å². The van der Waals surface area contributed by atoms with Crippen LogP contribution in [0, 0.1) is 5.92 Å². The monoisotopic (exact) mass is 289 g/mol. The Balaban J connectivity index is 1.37. The molecule has 0 aromatic carbocycles. The summed E-state index contributed by atoms with van der Waals surface area (Å²) in [5.74, 6) is 2.11. The summed E-state index contributed by atoms with van der Waals surface area (Å²) in [4.78, 5) is 18.4. The van der Waals surface area contributed by atoms with Crippen molar-refractivity contribution in [3.63, 3.8) is 0 Å². The van der Waals surface area contributed by atoms with Crippen molar-refractivity contribution >= 4 is 16.7 Å². The van der Waals surface area contributed by atoms with E-state index in [4.69, 9.17) is 0 Å². The third-order valence-corrected chi connectivity index (χ3v) is 4.61. The van der Waals surface area contributed by atoms with Crippen LogP contribution in [0.2, 0.25) is 0 Å². The number of nitrogens with zero attached hydrogens (tertiary/aromatic N) is 5. The maximum atomic E-state index is 11.6. The first-order valence-corrected chi connectivity index (χ1v) is 7.67. The van der Waals surface area contributed by atoms with E-state index in [9.17, 15) is 4.79 Å². The van der Waals surface area contributed by atoms with Gasteiger partial charge in [0.2, 0.25) is 5.13 Å². The maximum absolute atomic E-state index is 11.6. The van der Waals surface area contributed by atoms with E-state index < -0.39 is 0 Å². The fraction of sp³-hybridized carbons (Fsp3) is 0.538. The molecule has 2 aromatic heterocycles. The van der Waals surface area contributed by atoms with Gasteiger partial charge in [-0.1, -0.05) is 0 Å². The van der Waals surface area contributed by atoms with Crippen LogP contribution in [0.25, 0.3) is 0 Å². The molecule has 104 valence electrons. The molecule has 0 N–H and O–H groups in total. The van der Waals surface area contributed by atoms with Crippen molar-refractivity contribution in [2.24, 2.45) is 5.92 Å². The molecule has 0 radical (unpaired) electrons. The van der Waals surface area contributed by atoms with Gasteiger partial charge in [-0.2, -0.15) is 9.47 Å². The van der Waals surface area contributed by atoms with Crippen LogP contribution in [0.4, 0.5) is 5.13 Å². The van der Waals surface area contributed by atoms with E-state index in [-0.39, 0.29) is 5.56 Å². The topological polar surface area (TPSA) is 63.9 Å². The van der Waals surface area contributed by atoms with E-state index in [1.54, 1.807) is 18.3 Å². The molecule has 2 aliphatic rings.